The topological polar surface area (TPSA) is 156 Å². The molecule has 0 atom stereocenters. The SMILES string of the molecule is COc1cccc(C#Cc2cc(Cc3cnc(N)nc3N)c3c(=O)c(C(=O)O)cn(C(C)(C)C)c3c2)c1OC. The van der Waals surface area contributed by atoms with E-state index in [1.54, 1.807) is 29.9 Å². The van der Waals surface area contributed by atoms with Gasteiger partial charge in [0.2, 0.25) is 11.4 Å². The minimum Gasteiger partial charge on any atom is -0.493 e. The van der Waals surface area contributed by atoms with Gasteiger partial charge in [-0.05, 0) is 50.6 Å². The van der Waals surface area contributed by atoms with E-state index in [4.69, 9.17) is 20.9 Å². The van der Waals surface area contributed by atoms with Crippen LogP contribution in [0.25, 0.3) is 10.9 Å². The third-order valence-corrected chi connectivity index (χ3v) is 6.18. The summed E-state index contributed by atoms with van der Waals surface area (Å²) in [7, 11) is 3.09. The zero-order valence-corrected chi connectivity index (χ0v) is 22.3. The van der Waals surface area contributed by atoms with Crippen molar-refractivity contribution in [2.75, 3.05) is 25.7 Å². The first kappa shape index (κ1) is 27.0. The number of benzene rings is 2. The lowest BCUT2D eigenvalue weighted by atomic mass is 9.95. The number of hydrogen-bond acceptors (Lipinski definition) is 8. The van der Waals surface area contributed by atoms with Gasteiger partial charge in [-0.2, -0.15) is 4.98 Å². The van der Waals surface area contributed by atoms with Crippen molar-refractivity contribution in [3.8, 4) is 23.3 Å². The van der Waals surface area contributed by atoms with Crippen LogP contribution in [-0.2, 0) is 12.0 Å². The van der Waals surface area contributed by atoms with Gasteiger partial charge in [-0.1, -0.05) is 17.9 Å². The van der Waals surface area contributed by atoms with Crippen molar-refractivity contribution < 1.29 is 19.4 Å². The first-order valence-electron chi connectivity index (χ1n) is 12.0. The first-order valence-corrected chi connectivity index (χ1v) is 12.0. The van der Waals surface area contributed by atoms with E-state index in [0.717, 1.165) is 0 Å². The summed E-state index contributed by atoms with van der Waals surface area (Å²) < 4.78 is 12.7. The zero-order valence-electron chi connectivity index (χ0n) is 22.3. The maximum Gasteiger partial charge on any atom is 0.341 e. The molecular formula is C29H29N5O5. The monoisotopic (exact) mass is 527 g/mol. The third-order valence-electron chi connectivity index (χ3n) is 6.18. The Balaban J connectivity index is 2.04. The van der Waals surface area contributed by atoms with Gasteiger partial charge in [0.15, 0.2) is 11.5 Å². The van der Waals surface area contributed by atoms with E-state index >= 15 is 0 Å². The Morgan fingerprint density at radius 3 is 2.46 bits per heavy atom. The summed E-state index contributed by atoms with van der Waals surface area (Å²) in [4.78, 5) is 33.6. The molecule has 39 heavy (non-hydrogen) atoms. The highest BCUT2D eigenvalue weighted by Crippen LogP contribution is 2.31. The van der Waals surface area contributed by atoms with Crippen molar-refractivity contribution in [3.63, 3.8) is 0 Å². The van der Waals surface area contributed by atoms with E-state index in [-0.39, 0.29) is 29.1 Å². The molecular weight excluding hydrogens is 498 g/mol. The van der Waals surface area contributed by atoms with Gasteiger partial charge in [-0.3, -0.25) is 4.79 Å². The molecule has 0 saturated carbocycles. The molecule has 10 nitrogen and oxygen atoms in total. The van der Waals surface area contributed by atoms with Gasteiger partial charge in [0.1, 0.15) is 11.4 Å². The van der Waals surface area contributed by atoms with Gasteiger partial charge in [0.25, 0.3) is 0 Å². The Hall–Kier alpha value is -5.04. The van der Waals surface area contributed by atoms with Gasteiger partial charge in [0, 0.05) is 35.5 Å². The van der Waals surface area contributed by atoms with Crippen LogP contribution in [0.3, 0.4) is 0 Å². The first-order chi connectivity index (χ1) is 18.4. The van der Waals surface area contributed by atoms with E-state index in [9.17, 15) is 14.7 Å². The summed E-state index contributed by atoms with van der Waals surface area (Å²) in [5, 5.41) is 10.1. The number of methoxy groups -OCH3 is 2. The Bertz CT molecular complexity index is 1730. The number of carbonyl (C=O) groups is 1. The van der Waals surface area contributed by atoms with Gasteiger partial charge >= 0.3 is 5.97 Å². The molecule has 0 unspecified atom stereocenters. The molecule has 4 rings (SSSR count). The predicted molar refractivity (Wildman–Crippen MR) is 149 cm³/mol. The van der Waals surface area contributed by atoms with Crippen molar-refractivity contribution in [2.24, 2.45) is 0 Å². The Labute approximate surface area is 225 Å². The third kappa shape index (κ3) is 5.33. The van der Waals surface area contributed by atoms with Crippen LogP contribution in [0.1, 0.15) is 53.4 Å². The van der Waals surface area contributed by atoms with Gasteiger partial charge < -0.3 is 30.6 Å². The number of anilines is 2. The van der Waals surface area contributed by atoms with Crippen LogP contribution in [0.15, 0.2) is 47.5 Å². The second-order valence-corrected chi connectivity index (χ2v) is 9.85. The molecule has 0 spiro atoms. The summed E-state index contributed by atoms with van der Waals surface area (Å²) in [6, 6.07) is 8.93. The average Bonchev–Trinajstić information content (AvgIpc) is 2.87. The molecule has 5 N–H and O–H groups in total. The smallest absolute Gasteiger partial charge is 0.341 e. The Morgan fingerprint density at radius 2 is 1.85 bits per heavy atom. The Morgan fingerprint density at radius 1 is 1.10 bits per heavy atom. The van der Waals surface area contributed by atoms with Crippen LogP contribution in [0, 0.1) is 11.8 Å². The maximum absolute atomic E-state index is 13.5. The van der Waals surface area contributed by atoms with E-state index in [1.807, 2.05) is 32.9 Å². The van der Waals surface area contributed by atoms with E-state index in [0.29, 0.717) is 39.3 Å². The van der Waals surface area contributed by atoms with E-state index < -0.39 is 16.9 Å². The second kappa shape index (κ2) is 10.4. The summed E-state index contributed by atoms with van der Waals surface area (Å²) >= 11 is 0. The molecule has 4 aromatic rings. The lowest BCUT2D eigenvalue weighted by molar-refractivity contribution is 0.0694. The molecule has 200 valence electrons. The van der Waals surface area contributed by atoms with Crippen LogP contribution >= 0.6 is 0 Å². The number of carboxylic acids is 1. The normalized spacial score (nSPS) is 11.1. The number of aromatic carboxylic acids is 1. The summed E-state index contributed by atoms with van der Waals surface area (Å²) in [6.07, 6.45) is 3.02. The van der Waals surface area contributed by atoms with Crippen LogP contribution in [0.2, 0.25) is 0 Å². The number of nitrogens with zero attached hydrogens (tertiary/aromatic N) is 3. The molecule has 0 radical (unpaired) electrons. The molecule has 2 heterocycles. The highest BCUT2D eigenvalue weighted by atomic mass is 16.5. The highest BCUT2D eigenvalue weighted by Gasteiger charge is 2.23. The number of fused-ring (bicyclic) bond motifs is 1. The molecule has 2 aromatic heterocycles. The fourth-order valence-corrected chi connectivity index (χ4v) is 4.35. The van der Waals surface area contributed by atoms with Crippen LogP contribution in [0.4, 0.5) is 11.8 Å². The molecule has 0 aliphatic rings. The number of pyridine rings is 1. The van der Waals surface area contributed by atoms with Gasteiger partial charge in [-0.15, -0.1) is 0 Å². The molecule has 0 bridgehead atoms. The maximum atomic E-state index is 13.5. The predicted octanol–water partition coefficient (Wildman–Crippen LogP) is 3.42. The number of ether oxygens (including phenoxy) is 2. The molecule has 0 fully saturated rings. The number of nitrogen functional groups attached to an aromatic ring is 2. The summed E-state index contributed by atoms with van der Waals surface area (Å²) in [6.45, 7) is 5.77. The minimum atomic E-state index is -1.31. The molecule has 0 aliphatic heterocycles. The number of hydrogen-bond donors (Lipinski definition) is 3. The largest absolute Gasteiger partial charge is 0.493 e. The van der Waals surface area contributed by atoms with E-state index in [1.165, 1.54) is 19.5 Å². The number of aromatic nitrogens is 3. The molecule has 10 heteroatoms. The van der Waals surface area contributed by atoms with Crippen LogP contribution < -0.4 is 26.4 Å². The van der Waals surface area contributed by atoms with Gasteiger partial charge in [0.05, 0.1) is 30.7 Å². The fourth-order valence-electron chi connectivity index (χ4n) is 4.35. The zero-order chi connectivity index (χ0) is 28.5. The second-order valence-electron chi connectivity index (χ2n) is 9.85. The molecule has 0 aliphatic carbocycles. The van der Waals surface area contributed by atoms with Crippen LogP contribution in [-0.4, -0.2) is 39.8 Å². The number of para-hydroxylation sites is 1. The minimum absolute atomic E-state index is 0.0243. The van der Waals surface area contributed by atoms with Crippen molar-refractivity contribution in [2.45, 2.75) is 32.7 Å². The lowest BCUT2D eigenvalue weighted by Gasteiger charge is -2.27. The number of carboxylic acid groups (broad SMARTS) is 1. The fraction of sp³-hybridized carbons (Fsp3) is 0.241. The highest BCUT2D eigenvalue weighted by molar-refractivity contribution is 5.94. The van der Waals surface area contributed by atoms with Crippen molar-refractivity contribution in [1.82, 2.24) is 14.5 Å². The molecule has 0 saturated heterocycles. The van der Waals surface area contributed by atoms with Gasteiger partial charge in [-0.25, -0.2) is 9.78 Å². The summed E-state index contributed by atoms with van der Waals surface area (Å²) in [5.41, 5.74) is 13.1. The lowest BCUT2D eigenvalue weighted by Crippen LogP contribution is -2.28. The van der Waals surface area contributed by atoms with Crippen LogP contribution in [0.5, 0.6) is 11.5 Å². The van der Waals surface area contributed by atoms with E-state index in [2.05, 4.69) is 21.8 Å². The summed E-state index contributed by atoms with van der Waals surface area (Å²) in [5.74, 6) is 6.22. The molecule has 0 amide bonds. The Kier molecular flexibility index (Phi) is 7.19. The van der Waals surface area contributed by atoms with Crippen molar-refractivity contribution in [1.29, 1.82) is 0 Å². The standard InChI is InChI=1S/C29H29N5O5/c1-29(2,3)34-15-20(27(36)37)24(35)23-18(13-19-14-32-28(31)33-26(19)30)11-16(12-21(23)34)9-10-17-7-6-8-22(38-4)25(17)39-5/h6-8,11-12,14-15H,13H2,1-5H3,(H,36,37)(H4,30,31,32,33). The average molecular weight is 528 g/mol. The number of nitrogens with two attached hydrogens (primary N) is 2. The molecule has 2 aromatic carbocycles. The number of rotatable bonds is 5. The van der Waals surface area contributed by atoms with Crippen molar-refractivity contribution in [3.05, 3.63) is 80.8 Å². The quantitative estimate of drug-likeness (QED) is 0.331. The van der Waals surface area contributed by atoms with Crippen molar-refractivity contribution >= 4 is 28.6 Å².